The van der Waals surface area contributed by atoms with Gasteiger partial charge in [0.25, 0.3) is 5.91 Å². The Balaban J connectivity index is 2.32. The second-order valence-corrected chi connectivity index (χ2v) is 4.83. The van der Waals surface area contributed by atoms with Crippen molar-refractivity contribution in [2.75, 3.05) is 46.6 Å². The quantitative estimate of drug-likeness (QED) is 0.805. The van der Waals surface area contributed by atoms with Crippen LogP contribution in [0, 0.1) is 0 Å². The highest BCUT2D eigenvalue weighted by Crippen LogP contribution is 2.32. The Bertz CT molecular complexity index is 574. The third-order valence-corrected chi connectivity index (χ3v) is 3.55. The first-order valence-electron chi connectivity index (χ1n) is 6.52. The fraction of sp³-hybridized carbons (Fsp3) is 0.429. The number of anilines is 1. The Morgan fingerprint density at radius 1 is 1.24 bits per heavy atom. The molecule has 0 radical (unpaired) electrons. The van der Waals surface area contributed by atoms with Crippen LogP contribution in [-0.4, -0.2) is 62.5 Å². The molecule has 2 N–H and O–H groups in total. The van der Waals surface area contributed by atoms with Gasteiger partial charge in [0.2, 0.25) is 5.91 Å². The van der Waals surface area contributed by atoms with Gasteiger partial charge in [-0.3, -0.25) is 9.59 Å². The van der Waals surface area contributed by atoms with Gasteiger partial charge in [0, 0.05) is 26.2 Å². The topological polar surface area (TPSA) is 85.1 Å². The van der Waals surface area contributed by atoms with E-state index in [0.29, 0.717) is 24.6 Å². The largest absolute Gasteiger partial charge is 0.497 e. The van der Waals surface area contributed by atoms with Crippen molar-refractivity contribution >= 4 is 17.5 Å². The molecule has 2 rings (SSSR count). The van der Waals surface area contributed by atoms with Gasteiger partial charge in [-0.15, -0.1) is 0 Å². The van der Waals surface area contributed by atoms with Gasteiger partial charge in [-0.2, -0.15) is 0 Å². The molecule has 1 aromatic carbocycles. The first-order chi connectivity index (χ1) is 9.97. The monoisotopic (exact) mass is 293 g/mol. The lowest BCUT2D eigenvalue weighted by Crippen LogP contribution is -2.50. The highest BCUT2D eigenvalue weighted by atomic mass is 16.5. The average Bonchev–Trinajstić information content (AvgIpc) is 2.49. The van der Waals surface area contributed by atoms with Crippen LogP contribution in [0.1, 0.15) is 10.4 Å². The van der Waals surface area contributed by atoms with Crippen LogP contribution < -0.4 is 15.2 Å². The standard InChI is InChI=1S/C14H19N3O4/c1-16-4-5-17(8-12(16)18)14(19)10-6-9(20-2)7-11(21-3)13(10)15/h6-7H,4-5,8,15H2,1-3H3. The Hall–Kier alpha value is -2.44. The molecule has 0 bridgehead atoms. The van der Waals surface area contributed by atoms with Crippen LogP contribution in [0.2, 0.25) is 0 Å². The minimum Gasteiger partial charge on any atom is -0.497 e. The summed E-state index contributed by atoms with van der Waals surface area (Å²) in [4.78, 5) is 27.4. The molecule has 1 saturated heterocycles. The lowest BCUT2D eigenvalue weighted by molar-refractivity contribution is -0.133. The maximum absolute atomic E-state index is 12.6. The van der Waals surface area contributed by atoms with Gasteiger partial charge >= 0.3 is 0 Å². The van der Waals surface area contributed by atoms with Crippen LogP contribution in [0.4, 0.5) is 5.69 Å². The molecule has 7 heteroatoms. The SMILES string of the molecule is COc1cc(OC)c(N)c(C(=O)N2CCN(C)C(=O)C2)c1. The van der Waals surface area contributed by atoms with Gasteiger partial charge in [-0.25, -0.2) is 0 Å². The number of likely N-dealkylation sites (N-methyl/N-ethyl adjacent to an activating group) is 1. The van der Waals surface area contributed by atoms with Gasteiger partial charge in [-0.05, 0) is 6.07 Å². The van der Waals surface area contributed by atoms with Crippen molar-refractivity contribution in [3.63, 3.8) is 0 Å². The van der Waals surface area contributed by atoms with E-state index in [1.807, 2.05) is 0 Å². The molecule has 7 nitrogen and oxygen atoms in total. The summed E-state index contributed by atoms with van der Waals surface area (Å²) in [7, 11) is 4.68. The maximum Gasteiger partial charge on any atom is 0.256 e. The van der Waals surface area contributed by atoms with Crippen LogP contribution in [-0.2, 0) is 4.79 Å². The number of nitrogens with zero attached hydrogens (tertiary/aromatic N) is 2. The van der Waals surface area contributed by atoms with Gasteiger partial charge in [0.05, 0.1) is 25.5 Å². The number of ether oxygens (including phenoxy) is 2. The number of carbonyl (C=O) groups excluding carboxylic acids is 2. The normalized spacial score (nSPS) is 15.1. The summed E-state index contributed by atoms with van der Waals surface area (Å²) in [6.45, 7) is 1.03. The molecule has 0 aliphatic carbocycles. The van der Waals surface area contributed by atoms with Crippen molar-refractivity contribution in [1.82, 2.24) is 9.80 Å². The van der Waals surface area contributed by atoms with E-state index >= 15 is 0 Å². The minimum atomic E-state index is -0.300. The maximum atomic E-state index is 12.6. The Kier molecular flexibility index (Phi) is 4.21. The molecule has 0 saturated carbocycles. The van der Waals surface area contributed by atoms with E-state index in [4.69, 9.17) is 15.2 Å². The smallest absolute Gasteiger partial charge is 0.256 e. The average molecular weight is 293 g/mol. The van der Waals surface area contributed by atoms with E-state index in [1.54, 1.807) is 24.1 Å². The number of methoxy groups -OCH3 is 2. The number of hydrogen-bond acceptors (Lipinski definition) is 5. The zero-order chi connectivity index (χ0) is 15.6. The molecule has 1 aliphatic heterocycles. The first-order valence-corrected chi connectivity index (χ1v) is 6.52. The zero-order valence-corrected chi connectivity index (χ0v) is 12.4. The number of nitrogen functional groups attached to an aromatic ring is 1. The van der Waals surface area contributed by atoms with E-state index in [2.05, 4.69) is 0 Å². The van der Waals surface area contributed by atoms with Gasteiger partial charge in [0.1, 0.15) is 18.0 Å². The second kappa shape index (κ2) is 5.90. The summed E-state index contributed by atoms with van der Waals surface area (Å²) in [5.74, 6) is 0.456. The molecule has 1 fully saturated rings. The van der Waals surface area contributed by atoms with E-state index in [1.165, 1.54) is 19.1 Å². The van der Waals surface area contributed by atoms with Crippen molar-refractivity contribution in [1.29, 1.82) is 0 Å². The zero-order valence-electron chi connectivity index (χ0n) is 12.4. The molecule has 2 amide bonds. The predicted molar refractivity (Wildman–Crippen MR) is 77.5 cm³/mol. The van der Waals surface area contributed by atoms with Gasteiger partial charge in [-0.1, -0.05) is 0 Å². The van der Waals surface area contributed by atoms with Crippen molar-refractivity contribution < 1.29 is 19.1 Å². The van der Waals surface area contributed by atoms with Crippen molar-refractivity contribution in [2.24, 2.45) is 0 Å². The van der Waals surface area contributed by atoms with Crippen molar-refractivity contribution in [3.05, 3.63) is 17.7 Å². The third kappa shape index (κ3) is 2.86. The van der Waals surface area contributed by atoms with Crippen LogP contribution in [0.3, 0.4) is 0 Å². The molecule has 0 unspecified atom stereocenters. The number of piperazine rings is 1. The number of benzene rings is 1. The third-order valence-electron chi connectivity index (χ3n) is 3.55. The van der Waals surface area contributed by atoms with Crippen molar-refractivity contribution in [2.45, 2.75) is 0 Å². The fourth-order valence-corrected chi connectivity index (χ4v) is 2.17. The summed E-state index contributed by atoms with van der Waals surface area (Å²) in [5.41, 5.74) is 6.49. The lowest BCUT2D eigenvalue weighted by atomic mass is 10.1. The van der Waals surface area contributed by atoms with Crippen LogP contribution in [0.15, 0.2) is 12.1 Å². The molecule has 21 heavy (non-hydrogen) atoms. The molecule has 0 aromatic heterocycles. The number of amides is 2. The predicted octanol–water partition coefficient (Wildman–Crippen LogP) is 0.200. The first kappa shape index (κ1) is 15.0. The fourth-order valence-electron chi connectivity index (χ4n) is 2.17. The number of nitrogens with two attached hydrogens (primary N) is 1. The second-order valence-electron chi connectivity index (χ2n) is 4.83. The summed E-state index contributed by atoms with van der Waals surface area (Å²) < 4.78 is 10.3. The lowest BCUT2D eigenvalue weighted by Gasteiger charge is -2.32. The van der Waals surface area contributed by atoms with Crippen LogP contribution in [0.5, 0.6) is 11.5 Å². The molecule has 0 spiro atoms. The summed E-state index contributed by atoms with van der Waals surface area (Å²) >= 11 is 0. The molecule has 1 heterocycles. The van der Waals surface area contributed by atoms with E-state index < -0.39 is 0 Å². The molecule has 1 aromatic rings. The van der Waals surface area contributed by atoms with E-state index in [9.17, 15) is 9.59 Å². The van der Waals surface area contributed by atoms with Gasteiger partial charge < -0.3 is 25.0 Å². The van der Waals surface area contributed by atoms with E-state index in [0.717, 1.165) is 0 Å². The van der Waals surface area contributed by atoms with Crippen LogP contribution >= 0.6 is 0 Å². The summed E-state index contributed by atoms with van der Waals surface area (Å²) in [6, 6.07) is 3.17. The Morgan fingerprint density at radius 2 is 1.95 bits per heavy atom. The Labute approximate surface area is 123 Å². The highest BCUT2D eigenvalue weighted by molar-refractivity contribution is 6.02. The number of hydrogen-bond donors (Lipinski definition) is 1. The summed E-state index contributed by atoms with van der Waals surface area (Å²) in [5, 5.41) is 0. The number of rotatable bonds is 3. The molecule has 0 atom stereocenters. The highest BCUT2D eigenvalue weighted by Gasteiger charge is 2.27. The van der Waals surface area contributed by atoms with Crippen LogP contribution in [0.25, 0.3) is 0 Å². The van der Waals surface area contributed by atoms with Gasteiger partial charge in [0.15, 0.2) is 0 Å². The van der Waals surface area contributed by atoms with E-state index in [-0.39, 0.29) is 29.6 Å². The van der Waals surface area contributed by atoms with Crippen molar-refractivity contribution in [3.8, 4) is 11.5 Å². The Morgan fingerprint density at radius 3 is 2.52 bits per heavy atom. The number of carbonyl (C=O) groups is 2. The summed E-state index contributed by atoms with van der Waals surface area (Å²) in [6.07, 6.45) is 0. The molecule has 1 aliphatic rings. The molecular weight excluding hydrogens is 274 g/mol. The molecule has 114 valence electrons. The molecular formula is C14H19N3O4. The minimum absolute atomic E-state index is 0.0499.